The van der Waals surface area contributed by atoms with Crippen molar-refractivity contribution in [3.63, 3.8) is 0 Å². The largest absolute Gasteiger partial charge is 0.456 e. The molecule has 0 unspecified atom stereocenters. The fourth-order valence-corrected chi connectivity index (χ4v) is 2.59. The van der Waals surface area contributed by atoms with E-state index in [1.807, 2.05) is 6.07 Å². The molecule has 2 aromatic carbocycles. The molecular weight excluding hydrogens is 403 g/mol. The highest BCUT2D eigenvalue weighted by Gasteiger charge is 2.26. The van der Waals surface area contributed by atoms with E-state index in [9.17, 15) is 18.8 Å². The summed E-state index contributed by atoms with van der Waals surface area (Å²) in [6.45, 7) is 4.41. The Morgan fingerprint density at radius 1 is 1.13 bits per heavy atom. The quantitative estimate of drug-likeness (QED) is 0.536. The van der Waals surface area contributed by atoms with Gasteiger partial charge in [-0.2, -0.15) is 5.26 Å². The van der Waals surface area contributed by atoms with Crippen LogP contribution >= 0.6 is 0 Å². The number of esters is 1. The van der Waals surface area contributed by atoms with Crippen molar-refractivity contribution in [2.45, 2.75) is 38.8 Å². The number of carbonyl (C=O) groups is 3. The molecule has 8 heteroatoms. The third-order valence-corrected chi connectivity index (χ3v) is 4.02. The number of rotatable bonds is 7. The van der Waals surface area contributed by atoms with Gasteiger partial charge in [0.25, 0.3) is 0 Å². The number of carbonyl (C=O) groups excluding carboxylic acids is 3. The van der Waals surface area contributed by atoms with E-state index in [2.05, 4.69) is 5.32 Å². The van der Waals surface area contributed by atoms with Gasteiger partial charge in [-0.05, 0) is 44.5 Å². The number of ether oxygens (including phenoxy) is 2. The van der Waals surface area contributed by atoms with Crippen LogP contribution in [0.3, 0.4) is 0 Å². The first-order chi connectivity index (χ1) is 14.6. The molecule has 0 aliphatic heterocycles. The molecule has 0 saturated carbocycles. The van der Waals surface area contributed by atoms with Crippen LogP contribution < -0.4 is 5.32 Å². The second-order valence-electron chi connectivity index (χ2n) is 7.73. The maximum atomic E-state index is 13.7. The number of amides is 1. The first-order valence-corrected chi connectivity index (χ1v) is 9.52. The van der Waals surface area contributed by atoms with Gasteiger partial charge in [0.2, 0.25) is 0 Å². The van der Waals surface area contributed by atoms with Crippen molar-refractivity contribution < 1.29 is 28.2 Å². The molecule has 1 amide bonds. The minimum absolute atomic E-state index is 0.0380. The highest BCUT2D eigenvalue weighted by Crippen LogP contribution is 2.12. The summed E-state index contributed by atoms with van der Waals surface area (Å²) in [5, 5.41) is 11.2. The summed E-state index contributed by atoms with van der Waals surface area (Å²) >= 11 is 0. The standard InChI is InChI=1S/C23H23FN2O5/c1-23(2,3)31-22(29)26-19(11-15-7-5-4-6-8-15)21(28)30-14-20(27)16-9-10-17(13-25)18(24)12-16/h4-10,12,19H,11,14H2,1-3H3,(H,26,29)/t19-/m0/s1. The summed E-state index contributed by atoms with van der Waals surface area (Å²) < 4.78 is 24.0. The minimum Gasteiger partial charge on any atom is -0.456 e. The summed E-state index contributed by atoms with van der Waals surface area (Å²) in [7, 11) is 0. The van der Waals surface area contributed by atoms with Crippen LogP contribution in [0.2, 0.25) is 0 Å². The zero-order valence-corrected chi connectivity index (χ0v) is 17.5. The van der Waals surface area contributed by atoms with E-state index >= 15 is 0 Å². The number of benzene rings is 2. The number of nitrogens with one attached hydrogen (secondary N) is 1. The monoisotopic (exact) mass is 426 g/mol. The Bertz CT molecular complexity index is 993. The average molecular weight is 426 g/mol. The Hall–Kier alpha value is -3.73. The highest BCUT2D eigenvalue weighted by atomic mass is 19.1. The van der Waals surface area contributed by atoms with Crippen LogP contribution in [0.15, 0.2) is 48.5 Å². The highest BCUT2D eigenvalue weighted by molar-refractivity contribution is 5.98. The van der Waals surface area contributed by atoms with E-state index in [1.165, 1.54) is 12.1 Å². The van der Waals surface area contributed by atoms with Gasteiger partial charge in [-0.1, -0.05) is 30.3 Å². The van der Waals surface area contributed by atoms with Gasteiger partial charge in [0.05, 0.1) is 5.56 Å². The van der Waals surface area contributed by atoms with Gasteiger partial charge in [-0.15, -0.1) is 0 Å². The number of alkyl carbamates (subject to hydrolysis) is 1. The third kappa shape index (κ3) is 7.55. The Balaban J connectivity index is 2.07. The van der Waals surface area contributed by atoms with Crippen molar-refractivity contribution in [1.29, 1.82) is 5.26 Å². The van der Waals surface area contributed by atoms with Gasteiger partial charge < -0.3 is 14.8 Å². The molecule has 0 heterocycles. The second-order valence-corrected chi connectivity index (χ2v) is 7.73. The van der Waals surface area contributed by atoms with Crippen LogP contribution in [0.5, 0.6) is 0 Å². The number of hydrogen-bond donors (Lipinski definition) is 1. The second kappa shape index (κ2) is 10.3. The molecule has 0 spiro atoms. The molecule has 0 aromatic heterocycles. The molecule has 0 aliphatic carbocycles. The van der Waals surface area contributed by atoms with Crippen LogP contribution in [0.1, 0.15) is 42.3 Å². The van der Waals surface area contributed by atoms with Gasteiger partial charge in [0.15, 0.2) is 12.4 Å². The van der Waals surface area contributed by atoms with E-state index in [0.717, 1.165) is 11.6 Å². The normalized spacial score (nSPS) is 11.7. The first-order valence-electron chi connectivity index (χ1n) is 9.52. The Kier molecular flexibility index (Phi) is 7.86. The number of hydrogen-bond acceptors (Lipinski definition) is 6. The third-order valence-electron chi connectivity index (χ3n) is 4.02. The molecule has 0 bridgehead atoms. The Morgan fingerprint density at radius 3 is 2.39 bits per heavy atom. The molecule has 7 nitrogen and oxygen atoms in total. The smallest absolute Gasteiger partial charge is 0.408 e. The van der Waals surface area contributed by atoms with Crippen molar-refractivity contribution in [1.82, 2.24) is 5.32 Å². The molecule has 0 saturated heterocycles. The molecule has 0 aliphatic rings. The van der Waals surface area contributed by atoms with Gasteiger partial charge >= 0.3 is 12.1 Å². The predicted molar refractivity (Wildman–Crippen MR) is 110 cm³/mol. The van der Waals surface area contributed by atoms with E-state index in [-0.39, 0.29) is 17.5 Å². The molecule has 2 rings (SSSR count). The maximum absolute atomic E-state index is 13.7. The van der Waals surface area contributed by atoms with E-state index in [4.69, 9.17) is 14.7 Å². The molecular formula is C23H23FN2O5. The number of nitrogens with zero attached hydrogens (tertiary/aromatic N) is 1. The van der Waals surface area contributed by atoms with Crippen LogP contribution in [0.4, 0.5) is 9.18 Å². The average Bonchev–Trinajstić information content (AvgIpc) is 2.70. The van der Waals surface area contributed by atoms with Gasteiger partial charge in [0.1, 0.15) is 23.5 Å². The fraction of sp³-hybridized carbons (Fsp3) is 0.304. The number of ketones is 1. The van der Waals surface area contributed by atoms with E-state index < -0.39 is 41.9 Å². The van der Waals surface area contributed by atoms with Crippen molar-refractivity contribution in [2.24, 2.45) is 0 Å². The molecule has 1 N–H and O–H groups in total. The number of halogens is 1. The SMILES string of the molecule is CC(C)(C)OC(=O)N[C@@H](Cc1ccccc1)C(=O)OCC(=O)c1ccc(C#N)c(F)c1. The zero-order valence-electron chi connectivity index (χ0n) is 17.5. The van der Waals surface area contributed by atoms with Crippen LogP contribution in [-0.4, -0.2) is 36.1 Å². The summed E-state index contributed by atoms with van der Waals surface area (Å²) in [4.78, 5) is 37.0. The van der Waals surface area contributed by atoms with Gasteiger partial charge in [0, 0.05) is 12.0 Å². The summed E-state index contributed by atoms with van der Waals surface area (Å²) in [6.07, 6.45) is -0.677. The van der Waals surface area contributed by atoms with E-state index in [0.29, 0.717) is 0 Å². The fourth-order valence-electron chi connectivity index (χ4n) is 2.59. The zero-order chi connectivity index (χ0) is 23.0. The van der Waals surface area contributed by atoms with Crippen molar-refractivity contribution in [2.75, 3.05) is 6.61 Å². The van der Waals surface area contributed by atoms with Crippen LogP contribution in [-0.2, 0) is 20.7 Å². The summed E-state index contributed by atoms with van der Waals surface area (Å²) in [5.41, 5.74) is -0.232. The van der Waals surface area contributed by atoms with E-state index in [1.54, 1.807) is 51.1 Å². The van der Waals surface area contributed by atoms with Crippen molar-refractivity contribution in [3.8, 4) is 6.07 Å². The molecule has 1 atom stereocenters. The summed E-state index contributed by atoms with van der Waals surface area (Å²) in [6, 6.07) is 12.9. The molecule has 162 valence electrons. The molecule has 31 heavy (non-hydrogen) atoms. The Labute approximate surface area is 179 Å². The topological polar surface area (TPSA) is 105 Å². The van der Waals surface area contributed by atoms with Crippen LogP contribution in [0.25, 0.3) is 0 Å². The lowest BCUT2D eigenvalue weighted by molar-refractivity contribution is -0.145. The molecule has 0 radical (unpaired) electrons. The maximum Gasteiger partial charge on any atom is 0.408 e. The molecule has 0 fully saturated rings. The first kappa shape index (κ1) is 23.5. The Morgan fingerprint density at radius 2 is 1.81 bits per heavy atom. The molecule has 2 aromatic rings. The van der Waals surface area contributed by atoms with Gasteiger partial charge in [-0.25, -0.2) is 14.0 Å². The van der Waals surface area contributed by atoms with Crippen LogP contribution in [0, 0.1) is 17.1 Å². The lowest BCUT2D eigenvalue weighted by atomic mass is 10.1. The number of Topliss-reactive ketones (excluding diaryl/α,β-unsaturated/α-hetero) is 1. The lowest BCUT2D eigenvalue weighted by Crippen LogP contribution is -2.45. The van der Waals surface area contributed by atoms with Crippen molar-refractivity contribution >= 4 is 17.8 Å². The minimum atomic E-state index is -1.09. The summed E-state index contributed by atoms with van der Waals surface area (Å²) in [5.74, 6) is -2.32. The number of nitriles is 1. The predicted octanol–water partition coefficient (Wildman–Crippen LogP) is 3.56. The van der Waals surface area contributed by atoms with Gasteiger partial charge in [-0.3, -0.25) is 4.79 Å². The van der Waals surface area contributed by atoms with Crippen molar-refractivity contribution in [3.05, 3.63) is 71.0 Å². The lowest BCUT2D eigenvalue weighted by Gasteiger charge is -2.23.